The minimum Gasteiger partial charge on any atom is -0.546 e. The van der Waals surface area contributed by atoms with Gasteiger partial charge in [0.2, 0.25) is 11.8 Å². The van der Waals surface area contributed by atoms with E-state index in [9.17, 15) is 19.5 Å². The summed E-state index contributed by atoms with van der Waals surface area (Å²) in [4.78, 5) is 36.9. The highest BCUT2D eigenvalue weighted by Gasteiger charge is 2.59. The van der Waals surface area contributed by atoms with Gasteiger partial charge in [-0.3, -0.25) is 14.5 Å². The predicted molar refractivity (Wildman–Crippen MR) is 77.2 cm³/mol. The molecule has 4 rings (SSSR count). The van der Waals surface area contributed by atoms with E-state index in [-0.39, 0.29) is 35.5 Å². The molecule has 2 amide bonds. The number of imide groups is 1. The van der Waals surface area contributed by atoms with Gasteiger partial charge in [-0.15, -0.1) is 0 Å². The van der Waals surface area contributed by atoms with Gasteiger partial charge in [-0.1, -0.05) is 12.2 Å². The maximum absolute atomic E-state index is 12.6. The van der Waals surface area contributed by atoms with E-state index in [1.54, 1.807) is 24.3 Å². The van der Waals surface area contributed by atoms with Crippen molar-refractivity contribution in [3.8, 4) is 5.75 Å². The smallest absolute Gasteiger partial charge is 0.238 e. The molecule has 3 aliphatic rings. The third-order valence-electron chi connectivity index (χ3n) is 4.92. The van der Waals surface area contributed by atoms with E-state index >= 15 is 0 Å². The number of hydrogen-bond donors (Lipinski definition) is 0. The summed E-state index contributed by atoms with van der Waals surface area (Å²) in [5, 5.41) is 10.4. The third-order valence-corrected chi connectivity index (χ3v) is 4.92. The number of carbonyl (C=O) groups excluding carboxylic acids is 3. The highest BCUT2D eigenvalue weighted by atomic mass is 16.5. The second-order valence-electron chi connectivity index (χ2n) is 6.17. The van der Waals surface area contributed by atoms with Crippen LogP contribution in [0.1, 0.15) is 6.42 Å². The fraction of sp³-hybridized carbons (Fsp3) is 0.353. The molecule has 6 heteroatoms. The summed E-state index contributed by atoms with van der Waals surface area (Å²) in [6.07, 6.45) is 5.01. The van der Waals surface area contributed by atoms with E-state index < -0.39 is 12.6 Å². The van der Waals surface area contributed by atoms with E-state index in [1.807, 2.05) is 0 Å². The maximum Gasteiger partial charge on any atom is 0.238 e. The molecule has 0 spiro atoms. The number of carbonyl (C=O) groups is 3. The topological polar surface area (TPSA) is 86.7 Å². The number of aliphatic carboxylic acids is 1. The first kappa shape index (κ1) is 14.0. The molecule has 0 radical (unpaired) electrons. The summed E-state index contributed by atoms with van der Waals surface area (Å²) in [6.45, 7) is -0.542. The molecule has 1 saturated heterocycles. The average molecular weight is 312 g/mol. The van der Waals surface area contributed by atoms with Gasteiger partial charge in [-0.05, 0) is 42.5 Å². The van der Waals surface area contributed by atoms with Crippen LogP contribution < -0.4 is 14.7 Å². The minimum atomic E-state index is -1.31. The van der Waals surface area contributed by atoms with Gasteiger partial charge in [-0.2, -0.15) is 0 Å². The van der Waals surface area contributed by atoms with E-state index in [1.165, 1.54) is 4.90 Å². The van der Waals surface area contributed by atoms with Crippen molar-refractivity contribution in [3.63, 3.8) is 0 Å². The van der Waals surface area contributed by atoms with Crippen molar-refractivity contribution < 1.29 is 24.2 Å². The van der Waals surface area contributed by atoms with Crippen molar-refractivity contribution >= 4 is 23.5 Å². The molecule has 0 aromatic heterocycles. The highest BCUT2D eigenvalue weighted by molar-refractivity contribution is 6.22. The van der Waals surface area contributed by atoms with Crippen LogP contribution in [0.3, 0.4) is 0 Å². The normalized spacial score (nSPS) is 30.9. The number of rotatable bonds is 4. The van der Waals surface area contributed by atoms with Crippen LogP contribution in [-0.2, 0) is 14.4 Å². The van der Waals surface area contributed by atoms with Crippen LogP contribution in [0.25, 0.3) is 0 Å². The molecular weight excluding hydrogens is 298 g/mol. The van der Waals surface area contributed by atoms with Crippen LogP contribution >= 0.6 is 0 Å². The molecule has 6 nitrogen and oxygen atoms in total. The van der Waals surface area contributed by atoms with Gasteiger partial charge in [0.05, 0.1) is 23.5 Å². The van der Waals surface area contributed by atoms with E-state index in [0.717, 1.165) is 6.42 Å². The van der Waals surface area contributed by atoms with Crippen molar-refractivity contribution in [1.29, 1.82) is 0 Å². The molecule has 2 fully saturated rings. The van der Waals surface area contributed by atoms with Gasteiger partial charge in [0, 0.05) is 0 Å². The molecule has 23 heavy (non-hydrogen) atoms. The summed E-state index contributed by atoms with van der Waals surface area (Å²) in [7, 11) is 0. The lowest BCUT2D eigenvalue weighted by molar-refractivity contribution is -0.307. The molecule has 1 aliphatic heterocycles. The average Bonchev–Trinajstić information content (AvgIpc) is 3.20. The Bertz CT molecular complexity index is 693. The van der Waals surface area contributed by atoms with Crippen molar-refractivity contribution in [2.24, 2.45) is 23.7 Å². The zero-order valence-electron chi connectivity index (χ0n) is 12.2. The molecule has 2 bridgehead atoms. The predicted octanol–water partition coefficient (Wildman–Crippen LogP) is 0.127. The zero-order chi connectivity index (χ0) is 16.1. The van der Waals surface area contributed by atoms with Crippen LogP contribution in [0.2, 0.25) is 0 Å². The number of benzene rings is 1. The molecule has 1 saturated carbocycles. The fourth-order valence-electron chi connectivity index (χ4n) is 3.99. The van der Waals surface area contributed by atoms with E-state index in [4.69, 9.17) is 4.74 Å². The van der Waals surface area contributed by atoms with Crippen molar-refractivity contribution in [3.05, 3.63) is 36.4 Å². The van der Waals surface area contributed by atoms with Crippen molar-refractivity contribution in [1.82, 2.24) is 0 Å². The molecule has 0 unspecified atom stereocenters. The highest BCUT2D eigenvalue weighted by Crippen LogP contribution is 2.53. The minimum absolute atomic E-state index is 0.139. The molecule has 4 atom stereocenters. The van der Waals surface area contributed by atoms with Crippen LogP contribution in [-0.4, -0.2) is 24.4 Å². The Hall–Kier alpha value is -2.63. The summed E-state index contributed by atoms with van der Waals surface area (Å²) >= 11 is 0. The Morgan fingerprint density at radius 1 is 1.09 bits per heavy atom. The molecular formula is C17H14NO5-. The lowest BCUT2D eigenvalue weighted by Gasteiger charge is -2.17. The lowest BCUT2D eigenvalue weighted by Crippen LogP contribution is -2.32. The fourth-order valence-corrected chi connectivity index (χ4v) is 3.99. The Kier molecular flexibility index (Phi) is 3.01. The number of hydrogen-bond acceptors (Lipinski definition) is 5. The number of ether oxygens (including phenoxy) is 1. The standard InChI is InChI=1S/C17H15NO5/c19-13(20)8-23-12-5-3-11(4-6-12)18-16(21)14-9-1-2-10(7-9)15(14)17(18)22/h1-6,9-10,14-15H,7-8H2,(H,19,20)/p-1/t9-,10-,14+,15+/m1/s1. The Morgan fingerprint density at radius 2 is 1.65 bits per heavy atom. The van der Waals surface area contributed by atoms with Gasteiger partial charge < -0.3 is 14.6 Å². The number of fused-ring (bicyclic) bond motifs is 5. The number of carboxylic acids is 1. The summed E-state index contributed by atoms with van der Waals surface area (Å²) in [5.41, 5.74) is 0.495. The quantitative estimate of drug-likeness (QED) is 0.582. The Labute approximate surface area is 132 Å². The lowest BCUT2D eigenvalue weighted by atomic mass is 9.85. The SMILES string of the molecule is O=C([O-])COc1ccc(N2C(=O)[C@@H]3[C@@H](C2=O)[C@@H]2C=C[C@@H]3C2)cc1. The van der Waals surface area contributed by atoms with Crippen LogP contribution in [0.15, 0.2) is 36.4 Å². The van der Waals surface area contributed by atoms with Crippen LogP contribution in [0.4, 0.5) is 5.69 Å². The first-order chi connectivity index (χ1) is 11.1. The summed E-state index contributed by atoms with van der Waals surface area (Å²) in [6, 6.07) is 6.27. The third kappa shape index (κ3) is 2.05. The first-order valence-corrected chi connectivity index (χ1v) is 7.55. The number of carboxylic acid groups (broad SMARTS) is 1. The van der Waals surface area contributed by atoms with Crippen molar-refractivity contribution in [2.75, 3.05) is 11.5 Å². The number of amides is 2. The second kappa shape index (κ2) is 4.94. The molecule has 1 aromatic carbocycles. The summed E-state index contributed by atoms with van der Waals surface area (Å²) in [5.74, 6) is -1.35. The molecule has 0 N–H and O–H groups in total. The maximum atomic E-state index is 12.6. The van der Waals surface area contributed by atoms with E-state index in [2.05, 4.69) is 12.2 Å². The van der Waals surface area contributed by atoms with Crippen LogP contribution in [0.5, 0.6) is 5.75 Å². The van der Waals surface area contributed by atoms with E-state index in [0.29, 0.717) is 11.4 Å². The number of nitrogens with zero attached hydrogens (tertiary/aromatic N) is 1. The zero-order valence-corrected chi connectivity index (χ0v) is 12.2. The van der Waals surface area contributed by atoms with Gasteiger partial charge in [0.25, 0.3) is 0 Å². The second-order valence-corrected chi connectivity index (χ2v) is 6.17. The van der Waals surface area contributed by atoms with Gasteiger partial charge in [0.15, 0.2) is 0 Å². The first-order valence-electron chi connectivity index (χ1n) is 7.55. The van der Waals surface area contributed by atoms with Gasteiger partial charge in [0.1, 0.15) is 12.4 Å². The van der Waals surface area contributed by atoms with Crippen LogP contribution in [0, 0.1) is 23.7 Å². The molecule has 118 valence electrons. The van der Waals surface area contributed by atoms with Crippen molar-refractivity contribution in [2.45, 2.75) is 6.42 Å². The number of anilines is 1. The Morgan fingerprint density at radius 3 is 2.17 bits per heavy atom. The Balaban J connectivity index is 1.56. The largest absolute Gasteiger partial charge is 0.546 e. The molecule has 2 aliphatic carbocycles. The number of allylic oxidation sites excluding steroid dienone is 2. The van der Waals surface area contributed by atoms with Gasteiger partial charge >= 0.3 is 0 Å². The van der Waals surface area contributed by atoms with Gasteiger partial charge in [-0.25, -0.2) is 0 Å². The summed E-state index contributed by atoms with van der Waals surface area (Å²) < 4.78 is 5.00. The molecule has 1 aromatic rings. The molecule has 1 heterocycles. The monoisotopic (exact) mass is 312 g/mol.